The first-order valence-electron chi connectivity index (χ1n) is 7.57. The number of halogens is 1. The molecule has 0 radical (unpaired) electrons. The summed E-state index contributed by atoms with van der Waals surface area (Å²) in [4.78, 5) is 0. The fourth-order valence-corrected chi connectivity index (χ4v) is 3.43. The van der Waals surface area contributed by atoms with Crippen molar-refractivity contribution in [3.05, 3.63) is 64.2 Å². The third-order valence-corrected chi connectivity index (χ3v) is 4.54. The first kappa shape index (κ1) is 14.4. The van der Waals surface area contributed by atoms with Crippen LogP contribution in [0.3, 0.4) is 0 Å². The normalized spacial score (nSPS) is 18.5. The maximum atomic E-state index is 6.12. The Bertz CT molecular complexity index is 639. The second kappa shape index (κ2) is 6.08. The summed E-state index contributed by atoms with van der Waals surface area (Å²) in [6.45, 7) is 2.21. The van der Waals surface area contributed by atoms with E-state index < -0.39 is 0 Å². The zero-order valence-electron chi connectivity index (χ0n) is 12.3. The van der Waals surface area contributed by atoms with Crippen molar-refractivity contribution >= 4 is 17.3 Å². The SMILES string of the molecule is CCC(NC1CCc2cc(N)ccc21)c1cccc(Cl)c1. The maximum absolute atomic E-state index is 6.12. The molecular formula is C18H21ClN2. The Hall–Kier alpha value is -1.51. The van der Waals surface area contributed by atoms with Gasteiger partial charge < -0.3 is 11.1 Å². The van der Waals surface area contributed by atoms with Crippen molar-refractivity contribution in [3.63, 3.8) is 0 Å². The molecule has 110 valence electrons. The van der Waals surface area contributed by atoms with E-state index >= 15 is 0 Å². The van der Waals surface area contributed by atoms with E-state index in [4.69, 9.17) is 17.3 Å². The van der Waals surface area contributed by atoms with Crippen molar-refractivity contribution in [2.45, 2.75) is 38.3 Å². The number of fused-ring (bicyclic) bond motifs is 1. The van der Waals surface area contributed by atoms with Gasteiger partial charge >= 0.3 is 0 Å². The van der Waals surface area contributed by atoms with Crippen LogP contribution in [0.5, 0.6) is 0 Å². The first-order valence-corrected chi connectivity index (χ1v) is 7.95. The van der Waals surface area contributed by atoms with E-state index in [2.05, 4.69) is 36.5 Å². The number of nitrogens with two attached hydrogens (primary N) is 1. The Labute approximate surface area is 131 Å². The van der Waals surface area contributed by atoms with Gasteiger partial charge in [-0.1, -0.05) is 36.7 Å². The smallest absolute Gasteiger partial charge is 0.0409 e. The summed E-state index contributed by atoms with van der Waals surface area (Å²) in [5.41, 5.74) is 10.8. The number of aryl methyl sites for hydroxylation is 1. The minimum absolute atomic E-state index is 0.331. The second-order valence-corrected chi connectivity index (χ2v) is 6.17. The number of nitrogen functional groups attached to an aromatic ring is 1. The highest BCUT2D eigenvalue weighted by atomic mass is 35.5. The summed E-state index contributed by atoms with van der Waals surface area (Å²) in [6, 6.07) is 15.2. The largest absolute Gasteiger partial charge is 0.399 e. The zero-order chi connectivity index (χ0) is 14.8. The van der Waals surface area contributed by atoms with E-state index in [0.717, 1.165) is 30.0 Å². The third kappa shape index (κ3) is 3.07. The highest BCUT2D eigenvalue weighted by molar-refractivity contribution is 6.30. The van der Waals surface area contributed by atoms with Crippen LogP contribution in [0, 0.1) is 0 Å². The van der Waals surface area contributed by atoms with Crippen LogP contribution in [0.4, 0.5) is 5.69 Å². The summed E-state index contributed by atoms with van der Waals surface area (Å²) in [5, 5.41) is 4.58. The van der Waals surface area contributed by atoms with Crippen molar-refractivity contribution in [1.29, 1.82) is 0 Å². The van der Waals surface area contributed by atoms with Crippen LogP contribution in [0.2, 0.25) is 5.02 Å². The van der Waals surface area contributed by atoms with Gasteiger partial charge in [0.15, 0.2) is 0 Å². The van der Waals surface area contributed by atoms with Gasteiger partial charge in [-0.3, -0.25) is 0 Å². The Balaban J connectivity index is 1.80. The van der Waals surface area contributed by atoms with Gasteiger partial charge in [-0.15, -0.1) is 0 Å². The molecule has 0 aromatic heterocycles. The van der Waals surface area contributed by atoms with Crippen LogP contribution in [0.25, 0.3) is 0 Å². The molecule has 0 saturated carbocycles. The van der Waals surface area contributed by atoms with Crippen molar-refractivity contribution < 1.29 is 0 Å². The fourth-order valence-electron chi connectivity index (χ4n) is 3.23. The maximum Gasteiger partial charge on any atom is 0.0409 e. The molecule has 0 spiro atoms. The Kier molecular flexibility index (Phi) is 4.18. The molecule has 3 heteroatoms. The van der Waals surface area contributed by atoms with Gasteiger partial charge in [0.25, 0.3) is 0 Å². The molecule has 3 N–H and O–H groups in total. The van der Waals surface area contributed by atoms with E-state index in [0.29, 0.717) is 12.1 Å². The fraction of sp³-hybridized carbons (Fsp3) is 0.333. The predicted octanol–water partition coefficient (Wildman–Crippen LogP) is 4.65. The molecule has 0 amide bonds. The lowest BCUT2D eigenvalue weighted by Crippen LogP contribution is -2.24. The van der Waals surface area contributed by atoms with Gasteiger partial charge in [-0.25, -0.2) is 0 Å². The number of rotatable bonds is 4. The summed E-state index contributed by atoms with van der Waals surface area (Å²) in [5.74, 6) is 0. The van der Waals surface area contributed by atoms with Gasteiger partial charge in [0.05, 0.1) is 0 Å². The van der Waals surface area contributed by atoms with Crippen molar-refractivity contribution in [3.8, 4) is 0 Å². The summed E-state index contributed by atoms with van der Waals surface area (Å²) >= 11 is 6.12. The topological polar surface area (TPSA) is 38.0 Å². The molecule has 2 aromatic rings. The van der Waals surface area contributed by atoms with Crippen LogP contribution in [0.1, 0.15) is 48.5 Å². The van der Waals surface area contributed by atoms with Gasteiger partial charge in [0, 0.05) is 22.8 Å². The molecule has 0 heterocycles. The molecule has 1 aliphatic rings. The van der Waals surface area contributed by atoms with Gasteiger partial charge in [0.2, 0.25) is 0 Å². The average Bonchev–Trinajstić information content (AvgIpc) is 2.86. The molecule has 2 aromatic carbocycles. The van der Waals surface area contributed by atoms with Gasteiger partial charge in [-0.2, -0.15) is 0 Å². The number of anilines is 1. The molecular weight excluding hydrogens is 280 g/mol. The summed E-state index contributed by atoms with van der Waals surface area (Å²) in [6.07, 6.45) is 3.28. The van der Waals surface area contributed by atoms with E-state index in [9.17, 15) is 0 Å². The Morgan fingerprint density at radius 1 is 1.29 bits per heavy atom. The van der Waals surface area contributed by atoms with Crippen LogP contribution in [0.15, 0.2) is 42.5 Å². The third-order valence-electron chi connectivity index (χ3n) is 4.31. The molecule has 1 aliphatic carbocycles. The molecule has 0 saturated heterocycles. The zero-order valence-corrected chi connectivity index (χ0v) is 13.0. The number of hydrogen-bond acceptors (Lipinski definition) is 2. The second-order valence-electron chi connectivity index (χ2n) is 5.73. The van der Waals surface area contributed by atoms with Crippen LogP contribution < -0.4 is 11.1 Å². The van der Waals surface area contributed by atoms with Gasteiger partial charge in [-0.05, 0) is 60.2 Å². The molecule has 0 fully saturated rings. The van der Waals surface area contributed by atoms with E-state index in [1.807, 2.05) is 18.2 Å². The van der Waals surface area contributed by atoms with Crippen molar-refractivity contribution in [2.24, 2.45) is 0 Å². The minimum atomic E-state index is 0.331. The Morgan fingerprint density at radius 2 is 2.14 bits per heavy atom. The molecule has 0 aliphatic heterocycles. The standard InChI is InChI=1S/C18H21ClN2/c1-2-17(13-4-3-5-14(19)10-13)21-18-9-6-12-11-15(20)7-8-16(12)18/h3-5,7-8,10-11,17-18,21H,2,6,9,20H2,1H3. The summed E-state index contributed by atoms with van der Waals surface area (Å²) < 4.78 is 0. The first-order chi connectivity index (χ1) is 10.2. The quantitative estimate of drug-likeness (QED) is 0.807. The van der Waals surface area contributed by atoms with E-state index in [1.54, 1.807) is 0 Å². The molecule has 21 heavy (non-hydrogen) atoms. The van der Waals surface area contributed by atoms with Crippen molar-refractivity contribution in [1.82, 2.24) is 5.32 Å². The van der Waals surface area contributed by atoms with E-state index in [-0.39, 0.29) is 0 Å². The molecule has 2 nitrogen and oxygen atoms in total. The summed E-state index contributed by atoms with van der Waals surface area (Å²) in [7, 11) is 0. The Morgan fingerprint density at radius 3 is 2.90 bits per heavy atom. The van der Waals surface area contributed by atoms with E-state index in [1.165, 1.54) is 16.7 Å². The number of nitrogens with one attached hydrogen (secondary N) is 1. The molecule has 2 unspecified atom stereocenters. The lowest BCUT2D eigenvalue weighted by Gasteiger charge is -2.23. The predicted molar refractivity (Wildman–Crippen MR) is 89.5 cm³/mol. The monoisotopic (exact) mass is 300 g/mol. The minimum Gasteiger partial charge on any atom is -0.399 e. The number of hydrogen-bond donors (Lipinski definition) is 2. The number of benzene rings is 2. The molecule has 3 rings (SSSR count). The highest BCUT2D eigenvalue weighted by Gasteiger charge is 2.24. The molecule has 0 bridgehead atoms. The van der Waals surface area contributed by atoms with Crippen LogP contribution in [-0.2, 0) is 6.42 Å². The lowest BCUT2D eigenvalue weighted by molar-refractivity contribution is 0.433. The van der Waals surface area contributed by atoms with Crippen molar-refractivity contribution in [2.75, 3.05) is 5.73 Å². The highest BCUT2D eigenvalue weighted by Crippen LogP contribution is 2.35. The average molecular weight is 301 g/mol. The molecule has 2 atom stereocenters. The van der Waals surface area contributed by atoms with Crippen LogP contribution >= 0.6 is 11.6 Å². The van der Waals surface area contributed by atoms with Crippen LogP contribution in [-0.4, -0.2) is 0 Å². The van der Waals surface area contributed by atoms with Gasteiger partial charge in [0.1, 0.15) is 0 Å². The lowest BCUT2D eigenvalue weighted by atomic mass is 10.0.